The molecule has 5 heteroatoms. The first-order valence-electron chi connectivity index (χ1n) is 1.35. The molecule has 0 saturated heterocycles. The molecule has 0 unspecified atom stereocenters. The van der Waals surface area contributed by atoms with Crippen LogP contribution in [0.25, 0.3) is 0 Å². The summed E-state index contributed by atoms with van der Waals surface area (Å²) in [5, 5.41) is 0. The maximum atomic E-state index is 11.1. The van der Waals surface area contributed by atoms with Crippen LogP contribution in [-0.4, -0.2) is 13.4 Å². The lowest BCUT2D eigenvalue weighted by atomic mass is 11.2. The Kier molecular flexibility index (Phi) is 2.04. The molecule has 0 amide bonds. The molecule has 0 fully saturated rings. The highest BCUT2D eigenvalue weighted by atomic mass is 19.4. The quantitative estimate of drug-likeness (QED) is 0.502. The molecule has 0 saturated carbocycles. The minimum atomic E-state index is -4.08. The van der Waals surface area contributed by atoms with Gasteiger partial charge in [0.25, 0.3) is 0 Å². The second kappa shape index (κ2) is 2.13. The first-order valence-corrected chi connectivity index (χ1v) is 1.35. The summed E-state index contributed by atoms with van der Waals surface area (Å²) in [6.07, 6.45) is -4.08. The van der Waals surface area contributed by atoms with Crippen molar-refractivity contribution in [2.24, 2.45) is 0 Å². The van der Waals surface area contributed by atoms with Crippen LogP contribution in [0.3, 0.4) is 0 Å². The molecule has 0 aromatic carbocycles. The Morgan fingerprint density at radius 2 is 1.86 bits per heavy atom. The van der Waals surface area contributed by atoms with E-state index in [-0.39, 0.29) is 0 Å². The van der Waals surface area contributed by atoms with E-state index < -0.39 is 6.29 Å². The molecular weight excluding hydrogens is 113 g/mol. The Hall–Kier alpha value is -0.290. The molecule has 0 aromatic rings. The van der Waals surface area contributed by atoms with Gasteiger partial charge in [0.05, 0.1) is 0 Å². The van der Waals surface area contributed by atoms with Crippen molar-refractivity contribution in [2.75, 3.05) is 7.11 Å². The molecular formula is C2H3F3O2. The van der Waals surface area contributed by atoms with Gasteiger partial charge >= 0.3 is 6.29 Å². The zero-order valence-corrected chi connectivity index (χ0v) is 3.45. The first kappa shape index (κ1) is 6.71. The van der Waals surface area contributed by atoms with Crippen molar-refractivity contribution in [3.63, 3.8) is 0 Å². The number of hydrogen-bond donors (Lipinski definition) is 0. The molecule has 44 valence electrons. The third-order valence-corrected chi connectivity index (χ3v) is 0.327. The Morgan fingerprint density at radius 3 is 1.86 bits per heavy atom. The summed E-state index contributed by atoms with van der Waals surface area (Å²) in [7, 11) is 0.625. The normalized spacial score (nSPS) is 12.0. The lowest BCUT2D eigenvalue weighted by Crippen LogP contribution is -2.18. The third kappa shape index (κ3) is 2.41. The van der Waals surface area contributed by atoms with Crippen molar-refractivity contribution in [2.45, 2.75) is 6.29 Å². The van der Waals surface area contributed by atoms with Crippen molar-refractivity contribution in [3.05, 3.63) is 0 Å². The Labute approximate surface area is 37.7 Å². The van der Waals surface area contributed by atoms with Gasteiger partial charge in [0.15, 0.2) is 0 Å². The number of methoxy groups -OCH3 is 1. The van der Waals surface area contributed by atoms with Crippen LogP contribution in [0.5, 0.6) is 0 Å². The number of hydrogen-bond acceptors (Lipinski definition) is 2. The molecule has 0 spiro atoms. The van der Waals surface area contributed by atoms with Crippen molar-refractivity contribution in [1.82, 2.24) is 0 Å². The van der Waals surface area contributed by atoms with E-state index in [0.29, 0.717) is 7.11 Å². The summed E-state index contributed by atoms with van der Waals surface area (Å²) < 4.78 is 35.7. The van der Waals surface area contributed by atoms with Crippen molar-refractivity contribution >= 4 is 0 Å². The average molecular weight is 116 g/mol. The standard InChI is InChI=1S/C2H3F3O2/c1-6-2(3,4)7-5/h1H3. The van der Waals surface area contributed by atoms with E-state index in [0.717, 1.165) is 0 Å². The summed E-state index contributed by atoms with van der Waals surface area (Å²) >= 11 is 0. The number of rotatable bonds is 2. The predicted octanol–water partition coefficient (Wildman–Crippen LogP) is 1.08. The summed E-state index contributed by atoms with van der Waals surface area (Å²) in [4.78, 5) is 2.03. The van der Waals surface area contributed by atoms with Crippen LogP contribution in [0.1, 0.15) is 0 Å². The molecule has 0 N–H and O–H groups in total. The van der Waals surface area contributed by atoms with Gasteiger partial charge in [0, 0.05) is 7.11 Å². The summed E-state index contributed by atoms with van der Waals surface area (Å²) in [5.41, 5.74) is 0. The average Bonchev–Trinajstić information content (AvgIpc) is 1.68. The van der Waals surface area contributed by atoms with E-state index in [1.807, 2.05) is 4.94 Å². The fourth-order valence-corrected chi connectivity index (χ4v) is 0.0315. The van der Waals surface area contributed by atoms with Gasteiger partial charge in [0.2, 0.25) is 0 Å². The van der Waals surface area contributed by atoms with Gasteiger partial charge in [0.1, 0.15) is 0 Å². The van der Waals surface area contributed by atoms with Crippen LogP contribution in [-0.2, 0) is 9.68 Å². The zero-order valence-electron chi connectivity index (χ0n) is 3.45. The molecule has 0 atom stereocenters. The van der Waals surface area contributed by atoms with Crippen LogP contribution in [0.15, 0.2) is 0 Å². The Morgan fingerprint density at radius 1 is 1.43 bits per heavy atom. The van der Waals surface area contributed by atoms with Gasteiger partial charge in [-0.05, 0) is 4.53 Å². The summed E-state index contributed by atoms with van der Waals surface area (Å²) in [5.74, 6) is 0. The Bertz CT molecular complexity index is 48.9. The maximum Gasteiger partial charge on any atom is 0.516 e. The molecule has 0 aliphatic heterocycles. The maximum absolute atomic E-state index is 11.1. The number of ether oxygens (including phenoxy) is 1. The van der Waals surface area contributed by atoms with Crippen LogP contribution < -0.4 is 0 Å². The van der Waals surface area contributed by atoms with E-state index in [4.69, 9.17) is 0 Å². The second-order valence-corrected chi connectivity index (χ2v) is 0.745. The van der Waals surface area contributed by atoms with Crippen LogP contribution in [0, 0.1) is 0 Å². The number of alkyl halides is 2. The van der Waals surface area contributed by atoms with E-state index in [1.54, 1.807) is 0 Å². The predicted molar refractivity (Wildman–Crippen MR) is 14.1 cm³/mol. The van der Waals surface area contributed by atoms with E-state index >= 15 is 0 Å². The molecule has 0 radical (unpaired) electrons. The summed E-state index contributed by atoms with van der Waals surface area (Å²) in [6.45, 7) is 0. The van der Waals surface area contributed by atoms with Crippen molar-refractivity contribution in [3.8, 4) is 0 Å². The van der Waals surface area contributed by atoms with Crippen LogP contribution in [0.4, 0.5) is 13.3 Å². The van der Waals surface area contributed by atoms with Gasteiger partial charge < -0.3 is 0 Å². The molecule has 0 aromatic heterocycles. The van der Waals surface area contributed by atoms with Crippen molar-refractivity contribution in [1.29, 1.82) is 0 Å². The first-order chi connectivity index (χ1) is 3.12. The number of halogens is 3. The minimum absolute atomic E-state index is 0.625. The van der Waals surface area contributed by atoms with E-state index in [9.17, 15) is 13.3 Å². The molecule has 7 heavy (non-hydrogen) atoms. The monoisotopic (exact) mass is 116 g/mol. The topological polar surface area (TPSA) is 18.5 Å². The Balaban J connectivity index is 3.36. The molecule has 0 aliphatic carbocycles. The highest BCUT2D eigenvalue weighted by Crippen LogP contribution is 2.14. The lowest BCUT2D eigenvalue weighted by molar-refractivity contribution is -0.458. The lowest BCUT2D eigenvalue weighted by Gasteiger charge is -2.03. The minimum Gasteiger partial charge on any atom is -0.297 e. The molecule has 0 aliphatic rings. The second-order valence-electron chi connectivity index (χ2n) is 0.745. The fraction of sp³-hybridized carbons (Fsp3) is 1.00. The largest absolute Gasteiger partial charge is 0.516 e. The van der Waals surface area contributed by atoms with Gasteiger partial charge in [-0.2, -0.15) is 0 Å². The fourth-order valence-electron chi connectivity index (χ4n) is 0.0315. The molecule has 0 rings (SSSR count). The van der Waals surface area contributed by atoms with Crippen molar-refractivity contribution < 1.29 is 23.0 Å². The van der Waals surface area contributed by atoms with Gasteiger partial charge in [-0.1, -0.05) is 4.94 Å². The SMILES string of the molecule is COC(F)(F)OF. The van der Waals surface area contributed by atoms with E-state index in [1.165, 1.54) is 0 Å². The smallest absolute Gasteiger partial charge is 0.297 e. The van der Waals surface area contributed by atoms with Gasteiger partial charge in [-0.25, -0.2) is 0 Å². The van der Waals surface area contributed by atoms with E-state index in [2.05, 4.69) is 4.74 Å². The molecule has 0 bridgehead atoms. The van der Waals surface area contributed by atoms with Crippen LogP contribution >= 0.6 is 0 Å². The summed E-state index contributed by atoms with van der Waals surface area (Å²) in [6, 6.07) is 0. The van der Waals surface area contributed by atoms with Gasteiger partial charge in [-0.3, -0.25) is 4.74 Å². The van der Waals surface area contributed by atoms with Crippen LogP contribution in [0.2, 0.25) is 0 Å². The highest BCUT2D eigenvalue weighted by Gasteiger charge is 2.31. The highest BCUT2D eigenvalue weighted by molar-refractivity contribution is 4.17. The zero-order chi connectivity index (χ0) is 5.91. The molecule has 0 heterocycles. The molecule has 2 nitrogen and oxygen atoms in total. The third-order valence-electron chi connectivity index (χ3n) is 0.327. The van der Waals surface area contributed by atoms with Gasteiger partial charge in [-0.15, -0.1) is 8.78 Å².